The molecule has 0 aliphatic heterocycles. The summed E-state index contributed by atoms with van der Waals surface area (Å²) in [6.07, 6.45) is 2.93. The van der Waals surface area contributed by atoms with E-state index >= 15 is 0 Å². The van der Waals surface area contributed by atoms with E-state index in [4.69, 9.17) is 23.2 Å². The van der Waals surface area contributed by atoms with Gasteiger partial charge in [0.1, 0.15) is 0 Å². The van der Waals surface area contributed by atoms with Crippen LogP contribution in [0.15, 0.2) is 29.9 Å². The van der Waals surface area contributed by atoms with Gasteiger partial charge in [0.25, 0.3) is 0 Å². The minimum atomic E-state index is 0.0589. The molecular weight excluding hydrogens is 287 g/mol. The first-order chi connectivity index (χ1) is 8.72. The molecule has 0 bridgehead atoms. The van der Waals surface area contributed by atoms with Gasteiger partial charge in [-0.3, -0.25) is 4.98 Å². The average molecular weight is 301 g/mol. The molecule has 1 atom stereocenters. The van der Waals surface area contributed by atoms with Crippen LogP contribution in [0.2, 0.25) is 10.0 Å². The van der Waals surface area contributed by atoms with E-state index in [1.54, 1.807) is 17.4 Å². The number of nitrogens with zero attached hydrogens (tertiary/aromatic N) is 1. The Labute approximate surface area is 121 Å². The van der Waals surface area contributed by atoms with Crippen LogP contribution in [0.3, 0.4) is 0 Å². The van der Waals surface area contributed by atoms with Crippen LogP contribution < -0.4 is 5.32 Å². The van der Waals surface area contributed by atoms with Crippen molar-refractivity contribution in [3.63, 3.8) is 0 Å². The Bertz CT molecular complexity index is 500. The fraction of sp³-hybridized carbons (Fsp3) is 0.308. The summed E-state index contributed by atoms with van der Waals surface area (Å²) in [6.45, 7) is 3.06. The largest absolute Gasteiger partial charge is 0.306 e. The van der Waals surface area contributed by atoms with Gasteiger partial charge < -0.3 is 5.32 Å². The van der Waals surface area contributed by atoms with E-state index in [2.05, 4.69) is 17.2 Å². The lowest BCUT2D eigenvalue weighted by molar-refractivity contribution is 0.605. The van der Waals surface area contributed by atoms with Gasteiger partial charge >= 0.3 is 0 Å². The zero-order valence-electron chi connectivity index (χ0n) is 9.99. The van der Waals surface area contributed by atoms with Gasteiger partial charge in [0.15, 0.2) is 0 Å². The highest BCUT2D eigenvalue weighted by Gasteiger charge is 2.18. The molecule has 0 aliphatic carbocycles. The molecule has 18 heavy (non-hydrogen) atoms. The van der Waals surface area contributed by atoms with Crippen molar-refractivity contribution in [3.05, 3.63) is 50.4 Å². The molecular formula is C13H14Cl2N2S. The fourth-order valence-electron chi connectivity index (χ4n) is 1.76. The van der Waals surface area contributed by atoms with Crippen molar-refractivity contribution in [3.8, 4) is 0 Å². The zero-order valence-corrected chi connectivity index (χ0v) is 12.3. The summed E-state index contributed by atoms with van der Waals surface area (Å²) < 4.78 is 0. The van der Waals surface area contributed by atoms with Gasteiger partial charge in [-0.05, 0) is 36.7 Å². The third-order valence-corrected chi connectivity index (χ3v) is 4.02. The van der Waals surface area contributed by atoms with Crippen molar-refractivity contribution in [2.75, 3.05) is 6.54 Å². The first kappa shape index (κ1) is 13.8. The Morgan fingerprint density at radius 1 is 1.39 bits per heavy atom. The van der Waals surface area contributed by atoms with Crippen molar-refractivity contribution in [1.29, 1.82) is 0 Å². The smallest absolute Gasteiger partial charge is 0.0794 e. The molecule has 2 aromatic rings. The molecule has 1 unspecified atom stereocenters. The second-order valence-electron chi connectivity index (χ2n) is 3.96. The molecule has 0 aliphatic rings. The van der Waals surface area contributed by atoms with Crippen LogP contribution in [0.4, 0.5) is 0 Å². The van der Waals surface area contributed by atoms with E-state index in [1.165, 1.54) is 0 Å². The van der Waals surface area contributed by atoms with Gasteiger partial charge in [-0.25, -0.2) is 0 Å². The second-order valence-corrected chi connectivity index (χ2v) is 5.72. The second kappa shape index (κ2) is 6.53. The van der Waals surface area contributed by atoms with Crippen LogP contribution in [-0.4, -0.2) is 11.5 Å². The zero-order chi connectivity index (χ0) is 13.0. The predicted molar refractivity (Wildman–Crippen MR) is 78.7 cm³/mol. The molecule has 1 heterocycles. The van der Waals surface area contributed by atoms with Gasteiger partial charge in [0, 0.05) is 21.1 Å². The topological polar surface area (TPSA) is 24.9 Å². The van der Waals surface area contributed by atoms with Crippen LogP contribution in [0.5, 0.6) is 0 Å². The minimum Gasteiger partial charge on any atom is -0.306 e. The molecule has 96 valence electrons. The van der Waals surface area contributed by atoms with Crippen molar-refractivity contribution in [2.45, 2.75) is 19.4 Å². The standard InChI is InChI=1S/C13H14Cl2N2S/c1-2-5-17-13(12-7-16-8-18-12)10-6-9(14)3-4-11(10)15/h3-4,6-8,13,17H,2,5H2,1H3. The number of aromatic nitrogens is 1. The quantitative estimate of drug-likeness (QED) is 0.877. The molecule has 2 rings (SSSR count). The van der Waals surface area contributed by atoms with E-state index in [1.807, 2.05) is 23.8 Å². The third-order valence-electron chi connectivity index (χ3n) is 2.60. The van der Waals surface area contributed by atoms with Crippen LogP contribution in [0.1, 0.15) is 29.8 Å². The van der Waals surface area contributed by atoms with Crippen LogP contribution >= 0.6 is 34.5 Å². The number of hydrogen-bond donors (Lipinski definition) is 1. The first-order valence-corrected chi connectivity index (χ1v) is 7.42. The number of rotatable bonds is 5. The van der Waals surface area contributed by atoms with Crippen LogP contribution in [-0.2, 0) is 0 Å². The van der Waals surface area contributed by atoms with Gasteiger partial charge in [-0.2, -0.15) is 0 Å². The summed E-state index contributed by atoms with van der Waals surface area (Å²) in [7, 11) is 0. The van der Waals surface area contributed by atoms with E-state index in [0.717, 1.165) is 28.4 Å². The molecule has 1 aromatic carbocycles. The average Bonchev–Trinajstić information content (AvgIpc) is 2.88. The summed E-state index contributed by atoms with van der Waals surface area (Å²) in [5.74, 6) is 0. The first-order valence-electron chi connectivity index (χ1n) is 5.79. The molecule has 0 amide bonds. The van der Waals surface area contributed by atoms with Crippen LogP contribution in [0, 0.1) is 0 Å². The number of nitrogens with one attached hydrogen (secondary N) is 1. The molecule has 1 aromatic heterocycles. The number of halogens is 2. The maximum Gasteiger partial charge on any atom is 0.0794 e. The molecule has 1 N–H and O–H groups in total. The van der Waals surface area contributed by atoms with Gasteiger partial charge in [-0.1, -0.05) is 30.1 Å². The fourth-order valence-corrected chi connectivity index (χ4v) is 2.88. The summed E-state index contributed by atoms with van der Waals surface area (Å²) in [6, 6.07) is 5.61. The van der Waals surface area contributed by atoms with Gasteiger partial charge in [0.2, 0.25) is 0 Å². The van der Waals surface area contributed by atoms with E-state index in [-0.39, 0.29) is 6.04 Å². The van der Waals surface area contributed by atoms with E-state index in [0.29, 0.717) is 5.02 Å². The van der Waals surface area contributed by atoms with Crippen molar-refractivity contribution >= 4 is 34.5 Å². The lowest BCUT2D eigenvalue weighted by Gasteiger charge is -2.18. The molecule has 0 spiro atoms. The minimum absolute atomic E-state index is 0.0589. The van der Waals surface area contributed by atoms with Crippen molar-refractivity contribution in [2.24, 2.45) is 0 Å². The number of hydrogen-bond acceptors (Lipinski definition) is 3. The molecule has 0 radical (unpaired) electrons. The summed E-state index contributed by atoms with van der Waals surface area (Å²) in [5, 5.41) is 4.90. The van der Waals surface area contributed by atoms with Crippen LogP contribution in [0.25, 0.3) is 0 Å². The Morgan fingerprint density at radius 3 is 2.89 bits per heavy atom. The summed E-state index contributed by atoms with van der Waals surface area (Å²) in [5.41, 5.74) is 2.83. The Kier molecular flexibility index (Phi) is 5.01. The Balaban J connectivity index is 2.36. The summed E-state index contributed by atoms with van der Waals surface area (Å²) >= 11 is 13.9. The van der Waals surface area contributed by atoms with Crippen molar-refractivity contribution < 1.29 is 0 Å². The molecule has 5 heteroatoms. The molecule has 0 saturated carbocycles. The number of thiazole rings is 1. The maximum absolute atomic E-state index is 6.27. The SMILES string of the molecule is CCCNC(c1cncs1)c1cc(Cl)ccc1Cl. The van der Waals surface area contributed by atoms with Gasteiger partial charge in [-0.15, -0.1) is 11.3 Å². The highest BCUT2D eigenvalue weighted by molar-refractivity contribution is 7.09. The normalized spacial score (nSPS) is 12.6. The third kappa shape index (κ3) is 3.23. The monoisotopic (exact) mass is 300 g/mol. The lowest BCUT2D eigenvalue weighted by Crippen LogP contribution is -2.22. The molecule has 0 fully saturated rings. The maximum atomic E-state index is 6.27. The Hall–Kier alpha value is -0.610. The van der Waals surface area contributed by atoms with Crippen molar-refractivity contribution in [1.82, 2.24) is 10.3 Å². The Morgan fingerprint density at radius 2 is 2.22 bits per heavy atom. The highest BCUT2D eigenvalue weighted by Crippen LogP contribution is 2.32. The lowest BCUT2D eigenvalue weighted by atomic mass is 10.1. The van der Waals surface area contributed by atoms with E-state index in [9.17, 15) is 0 Å². The summed E-state index contributed by atoms with van der Waals surface area (Å²) in [4.78, 5) is 5.28. The van der Waals surface area contributed by atoms with E-state index < -0.39 is 0 Å². The number of benzene rings is 1. The predicted octanol–water partition coefficient (Wildman–Crippen LogP) is 4.54. The highest BCUT2D eigenvalue weighted by atomic mass is 35.5. The van der Waals surface area contributed by atoms with Gasteiger partial charge in [0.05, 0.1) is 11.6 Å². The molecule has 0 saturated heterocycles. The molecule has 2 nitrogen and oxygen atoms in total.